The normalized spacial score (nSPS) is 17.3. The lowest BCUT2D eigenvalue weighted by molar-refractivity contribution is -0.122. The molecule has 0 saturated carbocycles. The summed E-state index contributed by atoms with van der Waals surface area (Å²) >= 11 is 1.70. The van der Waals surface area contributed by atoms with Gasteiger partial charge < -0.3 is 10.1 Å². The third-order valence-electron chi connectivity index (χ3n) is 5.38. The van der Waals surface area contributed by atoms with Gasteiger partial charge in [0.1, 0.15) is 5.75 Å². The Labute approximate surface area is 166 Å². The van der Waals surface area contributed by atoms with Crippen molar-refractivity contribution >= 4 is 17.2 Å². The molecular weight excluding hydrogens is 356 g/mol. The first-order valence-corrected chi connectivity index (χ1v) is 10.6. The number of ether oxygens (including phenoxy) is 1. The Morgan fingerprint density at radius 1 is 1.15 bits per heavy atom. The first kappa shape index (κ1) is 19.9. The molecule has 0 radical (unpaired) electrons. The molecule has 0 aliphatic carbocycles. The number of amides is 1. The molecule has 1 N–H and O–H groups in total. The molecule has 1 aliphatic rings. The smallest absolute Gasteiger partial charge is 0.228 e. The van der Waals surface area contributed by atoms with Gasteiger partial charge in [-0.1, -0.05) is 18.6 Å². The Bertz CT molecular complexity index is 735. The van der Waals surface area contributed by atoms with E-state index in [1.54, 1.807) is 18.4 Å². The highest BCUT2D eigenvalue weighted by Gasteiger charge is 2.24. The van der Waals surface area contributed by atoms with Crippen LogP contribution in [0.15, 0.2) is 36.4 Å². The fourth-order valence-corrected chi connectivity index (χ4v) is 4.61. The third-order valence-corrected chi connectivity index (χ3v) is 6.57. The first-order chi connectivity index (χ1) is 13.1. The van der Waals surface area contributed by atoms with Crippen LogP contribution in [0.1, 0.15) is 53.5 Å². The Balaban J connectivity index is 1.69. The number of carbonyl (C=O) groups is 1. The van der Waals surface area contributed by atoms with Gasteiger partial charge in [-0.25, -0.2) is 0 Å². The van der Waals surface area contributed by atoms with E-state index in [4.69, 9.17) is 4.74 Å². The number of likely N-dealkylation sites (tertiary alicyclic amines) is 1. The van der Waals surface area contributed by atoms with Gasteiger partial charge in [0, 0.05) is 16.3 Å². The number of hydrogen-bond donors (Lipinski definition) is 1. The number of nitrogens with one attached hydrogen (secondary N) is 1. The summed E-state index contributed by atoms with van der Waals surface area (Å²) in [6.07, 6.45) is 3.75. The predicted molar refractivity (Wildman–Crippen MR) is 112 cm³/mol. The summed E-state index contributed by atoms with van der Waals surface area (Å²) in [7, 11) is 1.69. The minimum absolute atomic E-state index is 0.104. The van der Waals surface area contributed by atoms with Crippen LogP contribution in [0.25, 0.3) is 0 Å². The van der Waals surface area contributed by atoms with Crippen LogP contribution in [-0.2, 0) is 4.79 Å². The number of hydrogen-bond acceptors (Lipinski definition) is 4. The van der Waals surface area contributed by atoms with Crippen LogP contribution < -0.4 is 10.1 Å². The predicted octanol–water partition coefficient (Wildman–Crippen LogP) is 4.51. The van der Waals surface area contributed by atoms with Gasteiger partial charge in [-0.15, -0.1) is 11.3 Å². The van der Waals surface area contributed by atoms with Crippen molar-refractivity contribution in [2.45, 2.75) is 45.1 Å². The number of piperidine rings is 1. The minimum Gasteiger partial charge on any atom is -0.497 e. The lowest BCUT2D eigenvalue weighted by atomic mass is 10.0. The molecule has 1 aliphatic heterocycles. The molecule has 2 atom stereocenters. The lowest BCUT2D eigenvalue weighted by Gasteiger charge is -2.35. The zero-order chi connectivity index (χ0) is 19.2. The number of methoxy groups -OCH3 is 1. The van der Waals surface area contributed by atoms with E-state index in [0.29, 0.717) is 6.54 Å². The van der Waals surface area contributed by atoms with Crippen molar-refractivity contribution in [2.75, 3.05) is 26.7 Å². The monoisotopic (exact) mass is 386 g/mol. The molecule has 2 heterocycles. The first-order valence-electron chi connectivity index (χ1n) is 9.80. The molecule has 1 aromatic heterocycles. The van der Waals surface area contributed by atoms with Gasteiger partial charge in [-0.2, -0.15) is 0 Å². The third kappa shape index (κ3) is 5.11. The van der Waals surface area contributed by atoms with Gasteiger partial charge in [0.2, 0.25) is 5.91 Å². The van der Waals surface area contributed by atoms with Crippen molar-refractivity contribution in [2.24, 2.45) is 0 Å². The number of rotatable bonds is 7. The second-order valence-corrected chi connectivity index (χ2v) is 8.62. The zero-order valence-electron chi connectivity index (χ0n) is 16.5. The molecule has 0 bridgehead atoms. The summed E-state index contributed by atoms with van der Waals surface area (Å²) in [6, 6.07) is 12.6. The standard InChI is InChI=1S/C22H30N2O2S/c1-16-7-12-21(27-16)17(2)22(25)23-15-20(24-13-5-4-6-14-24)18-8-10-19(26-3)11-9-18/h7-12,17,20H,4-6,13-15H2,1-3H3,(H,23,25)/t17-,20-/m0/s1. The molecule has 2 aromatic rings. The van der Waals surface area contributed by atoms with E-state index in [0.717, 1.165) is 23.7 Å². The van der Waals surface area contributed by atoms with E-state index < -0.39 is 0 Å². The zero-order valence-corrected chi connectivity index (χ0v) is 17.3. The number of nitrogens with zero attached hydrogens (tertiary/aromatic N) is 1. The highest BCUT2D eigenvalue weighted by molar-refractivity contribution is 7.12. The largest absolute Gasteiger partial charge is 0.497 e. The van der Waals surface area contributed by atoms with E-state index in [-0.39, 0.29) is 17.9 Å². The number of aryl methyl sites for hydroxylation is 1. The Morgan fingerprint density at radius 3 is 2.44 bits per heavy atom. The van der Waals surface area contributed by atoms with Crippen LogP contribution in [0.3, 0.4) is 0 Å². The van der Waals surface area contributed by atoms with Crippen LogP contribution in [0.4, 0.5) is 0 Å². The van der Waals surface area contributed by atoms with Crippen molar-refractivity contribution in [1.82, 2.24) is 10.2 Å². The maximum atomic E-state index is 12.7. The van der Waals surface area contributed by atoms with Gasteiger partial charge in [-0.05, 0) is 69.6 Å². The molecule has 1 amide bonds. The van der Waals surface area contributed by atoms with Crippen molar-refractivity contribution < 1.29 is 9.53 Å². The number of carbonyl (C=O) groups excluding carboxylic acids is 1. The summed E-state index contributed by atoms with van der Waals surface area (Å²) in [6.45, 7) is 6.89. The van der Waals surface area contributed by atoms with Crippen molar-refractivity contribution in [3.63, 3.8) is 0 Å². The van der Waals surface area contributed by atoms with Crippen molar-refractivity contribution in [1.29, 1.82) is 0 Å². The number of benzene rings is 1. The van der Waals surface area contributed by atoms with Gasteiger partial charge in [0.05, 0.1) is 19.1 Å². The fourth-order valence-electron chi connectivity index (χ4n) is 3.68. The SMILES string of the molecule is COc1ccc([C@H](CNC(=O)[C@@H](C)c2ccc(C)s2)N2CCCCC2)cc1. The molecule has 5 heteroatoms. The van der Waals surface area contributed by atoms with Crippen LogP contribution in [-0.4, -0.2) is 37.6 Å². The van der Waals surface area contributed by atoms with Crippen LogP contribution in [0.2, 0.25) is 0 Å². The Hall–Kier alpha value is -1.85. The number of thiophene rings is 1. The highest BCUT2D eigenvalue weighted by Crippen LogP contribution is 2.27. The fraction of sp³-hybridized carbons (Fsp3) is 0.500. The van der Waals surface area contributed by atoms with Crippen molar-refractivity contribution in [3.8, 4) is 5.75 Å². The van der Waals surface area contributed by atoms with Gasteiger partial charge in [-0.3, -0.25) is 9.69 Å². The minimum atomic E-state index is -0.110. The molecule has 27 heavy (non-hydrogen) atoms. The van der Waals surface area contributed by atoms with Crippen LogP contribution >= 0.6 is 11.3 Å². The lowest BCUT2D eigenvalue weighted by Crippen LogP contribution is -2.41. The molecule has 1 aromatic carbocycles. The molecule has 0 unspecified atom stereocenters. The molecule has 1 saturated heterocycles. The van der Waals surface area contributed by atoms with E-state index in [1.807, 2.05) is 19.1 Å². The average molecular weight is 387 g/mol. The van der Waals surface area contributed by atoms with E-state index in [9.17, 15) is 4.79 Å². The quantitative estimate of drug-likeness (QED) is 0.761. The topological polar surface area (TPSA) is 41.6 Å². The van der Waals surface area contributed by atoms with Crippen LogP contribution in [0, 0.1) is 6.92 Å². The second kappa shape index (κ2) is 9.38. The van der Waals surface area contributed by atoms with E-state index >= 15 is 0 Å². The Morgan fingerprint density at radius 2 is 1.85 bits per heavy atom. The maximum Gasteiger partial charge on any atom is 0.228 e. The average Bonchev–Trinajstić information content (AvgIpc) is 3.15. The van der Waals surface area contributed by atoms with Gasteiger partial charge >= 0.3 is 0 Å². The highest BCUT2D eigenvalue weighted by atomic mass is 32.1. The summed E-state index contributed by atoms with van der Waals surface area (Å²) in [5.41, 5.74) is 1.23. The van der Waals surface area contributed by atoms with E-state index in [2.05, 4.69) is 41.4 Å². The Kier molecular flexibility index (Phi) is 6.91. The summed E-state index contributed by atoms with van der Waals surface area (Å²) in [4.78, 5) is 17.6. The molecule has 146 valence electrons. The van der Waals surface area contributed by atoms with Crippen molar-refractivity contribution in [3.05, 3.63) is 51.7 Å². The van der Waals surface area contributed by atoms with Crippen LogP contribution in [0.5, 0.6) is 5.75 Å². The maximum absolute atomic E-state index is 12.7. The molecular formula is C22H30N2O2S. The molecule has 3 rings (SSSR count). The van der Waals surface area contributed by atoms with Gasteiger partial charge in [0.25, 0.3) is 0 Å². The molecule has 4 nitrogen and oxygen atoms in total. The summed E-state index contributed by atoms with van der Waals surface area (Å²) in [5, 5.41) is 3.21. The second-order valence-electron chi connectivity index (χ2n) is 7.30. The van der Waals surface area contributed by atoms with Gasteiger partial charge in [0.15, 0.2) is 0 Å². The molecule has 0 spiro atoms. The summed E-state index contributed by atoms with van der Waals surface area (Å²) in [5.74, 6) is 0.857. The molecule has 1 fully saturated rings. The summed E-state index contributed by atoms with van der Waals surface area (Å²) < 4.78 is 5.29. The van der Waals surface area contributed by atoms with E-state index in [1.165, 1.54) is 29.7 Å².